The molecule has 1 N–H and O–H groups in total. The molecule has 0 aliphatic heterocycles. The number of alkyl halides is 2. The molecule has 3 nitrogen and oxygen atoms in total. The van der Waals surface area contributed by atoms with E-state index >= 15 is 0 Å². The van der Waals surface area contributed by atoms with Gasteiger partial charge in [0, 0.05) is 12.1 Å². The molecule has 1 aliphatic rings. The van der Waals surface area contributed by atoms with Crippen LogP contribution in [0.25, 0.3) is 0 Å². The van der Waals surface area contributed by atoms with Crippen LogP contribution in [-0.2, 0) is 10.7 Å². The van der Waals surface area contributed by atoms with Crippen molar-refractivity contribution in [3.8, 4) is 0 Å². The molecule has 110 valence electrons. The number of nitrogens with one attached hydrogen (secondary N) is 1. The lowest BCUT2D eigenvalue weighted by Crippen LogP contribution is -2.49. The Morgan fingerprint density at radius 1 is 1.30 bits per heavy atom. The first-order valence-electron chi connectivity index (χ1n) is 6.36. The van der Waals surface area contributed by atoms with E-state index in [4.69, 9.17) is 0 Å². The monoisotopic (exact) mass is 286 g/mol. The minimum Gasteiger partial charge on any atom is -0.344 e. The molecular weight excluding hydrogens is 269 g/mol. The van der Waals surface area contributed by atoms with Crippen LogP contribution in [0.15, 0.2) is 24.3 Å². The third-order valence-corrected chi connectivity index (χ3v) is 3.34. The van der Waals surface area contributed by atoms with Crippen LogP contribution < -0.4 is 5.32 Å². The van der Waals surface area contributed by atoms with Gasteiger partial charge >= 0.3 is 5.92 Å². The number of likely N-dealkylation sites (N-methyl/N-ethyl adjacent to an activating group) is 1. The summed E-state index contributed by atoms with van der Waals surface area (Å²) in [6.45, 7) is 0.526. The van der Waals surface area contributed by atoms with Gasteiger partial charge in [-0.15, -0.1) is 0 Å². The highest BCUT2D eigenvalue weighted by Crippen LogP contribution is 2.38. The third kappa shape index (κ3) is 3.12. The first kappa shape index (κ1) is 14.8. The molecule has 1 amide bonds. The van der Waals surface area contributed by atoms with E-state index in [1.165, 1.54) is 0 Å². The molecule has 2 rings (SSSR count). The second-order valence-corrected chi connectivity index (χ2v) is 5.55. The molecular formula is C14H17F3N2O. The summed E-state index contributed by atoms with van der Waals surface area (Å²) < 4.78 is 40.8. The van der Waals surface area contributed by atoms with Gasteiger partial charge in [-0.3, -0.25) is 4.79 Å². The van der Waals surface area contributed by atoms with Crippen molar-refractivity contribution in [1.82, 2.24) is 10.2 Å². The van der Waals surface area contributed by atoms with Crippen molar-refractivity contribution in [2.45, 2.75) is 24.3 Å². The van der Waals surface area contributed by atoms with Gasteiger partial charge < -0.3 is 10.2 Å². The van der Waals surface area contributed by atoms with Crippen LogP contribution in [0.4, 0.5) is 13.2 Å². The molecule has 1 aliphatic carbocycles. The number of amides is 1. The van der Waals surface area contributed by atoms with Gasteiger partial charge in [0.15, 0.2) is 0 Å². The first-order valence-corrected chi connectivity index (χ1v) is 6.36. The van der Waals surface area contributed by atoms with E-state index in [1.807, 2.05) is 19.0 Å². The Morgan fingerprint density at radius 3 is 2.30 bits per heavy atom. The van der Waals surface area contributed by atoms with E-state index in [1.54, 1.807) is 0 Å². The van der Waals surface area contributed by atoms with E-state index < -0.39 is 28.7 Å². The van der Waals surface area contributed by atoms with E-state index in [0.717, 1.165) is 24.3 Å². The molecule has 1 aromatic carbocycles. The van der Waals surface area contributed by atoms with Crippen LogP contribution in [0.5, 0.6) is 0 Å². The maximum Gasteiger partial charge on any atom is 0.349 e. The number of hydrogen-bond donors (Lipinski definition) is 1. The molecule has 0 saturated heterocycles. The fourth-order valence-corrected chi connectivity index (χ4v) is 2.19. The Balaban J connectivity index is 2.09. The molecule has 1 saturated carbocycles. The lowest BCUT2D eigenvalue weighted by atomic mass is 10.1. The summed E-state index contributed by atoms with van der Waals surface area (Å²) in [6, 6.07) is 3.70. The number of hydrogen-bond acceptors (Lipinski definition) is 2. The van der Waals surface area contributed by atoms with E-state index in [-0.39, 0.29) is 0 Å². The lowest BCUT2D eigenvalue weighted by molar-refractivity contribution is -0.148. The zero-order valence-corrected chi connectivity index (χ0v) is 11.4. The molecule has 0 heterocycles. The topological polar surface area (TPSA) is 32.3 Å². The van der Waals surface area contributed by atoms with Gasteiger partial charge in [-0.2, -0.15) is 8.78 Å². The smallest absolute Gasteiger partial charge is 0.344 e. The number of halogens is 3. The molecule has 6 heteroatoms. The summed E-state index contributed by atoms with van der Waals surface area (Å²) in [5.74, 6) is -5.60. The minimum atomic E-state index is -3.66. The predicted octanol–water partition coefficient (Wildman–Crippen LogP) is 2.13. The fourth-order valence-electron chi connectivity index (χ4n) is 2.19. The molecule has 0 radical (unpaired) electrons. The zero-order valence-electron chi connectivity index (χ0n) is 11.4. The Morgan fingerprint density at radius 2 is 1.85 bits per heavy atom. The SMILES string of the molecule is CN(C)CC1(NC(=O)C(F)(F)c2ccc(F)cc2)CC1. The highest BCUT2D eigenvalue weighted by atomic mass is 19.3. The number of carbonyl (C=O) groups excluding carboxylic acids is 1. The van der Waals surface area contributed by atoms with Gasteiger partial charge in [0.1, 0.15) is 5.82 Å². The maximum atomic E-state index is 14.0. The predicted molar refractivity (Wildman–Crippen MR) is 69.0 cm³/mol. The van der Waals surface area contributed by atoms with Crippen molar-refractivity contribution >= 4 is 5.91 Å². The van der Waals surface area contributed by atoms with Crippen molar-refractivity contribution in [3.05, 3.63) is 35.6 Å². The lowest BCUT2D eigenvalue weighted by Gasteiger charge is -2.24. The summed E-state index contributed by atoms with van der Waals surface area (Å²) >= 11 is 0. The van der Waals surface area contributed by atoms with Crippen molar-refractivity contribution < 1.29 is 18.0 Å². The third-order valence-electron chi connectivity index (χ3n) is 3.34. The number of benzene rings is 1. The largest absolute Gasteiger partial charge is 0.349 e. The van der Waals surface area contributed by atoms with Gasteiger partial charge in [-0.1, -0.05) is 0 Å². The van der Waals surface area contributed by atoms with Crippen molar-refractivity contribution in [2.75, 3.05) is 20.6 Å². The number of nitrogens with zero attached hydrogens (tertiary/aromatic N) is 1. The molecule has 20 heavy (non-hydrogen) atoms. The maximum absolute atomic E-state index is 14.0. The van der Waals surface area contributed by atoms with Crippen LogP contribution in [0.2, 0.25) is 0 Å². The van der Waals surface area contributed by atoms with E-state index in [2.05, 4.69) is 5.32 Å². The summed E-state index contributed by atoms with van der Waals surface area (Å²) in [5, 5.41) is 2.43. The van der Waals surface area contributed by atoms with Crippen molar-refractivity contribution in [3.63, 3.8) is 0 Å². The summed E-state index contributed by atoms with van der Waals surface area (Å²) in [6.07, 6.45) is 1.38. The Hall–Kier alpha value is -1.56. The quantitative estimate of drug-likeness (QED) is 0.899. The standard InChI is InChI=1S/C14H17F3N2O/c1-19(2)9-13(7-8-13)18-12(20)14(16,17)10-3-5-11(15)6-4-10/h3-6H,7-9H2,1-2H3,(H,18,20). The van der Waals surface area contributed by atoms with Crippen LogP contribution in [0, 0.1) is 5.82 Å². The first-order chi connectivity index (χ1) is 9.25. The van der Waals surface area contributed by atoms with E-state index in [9.17, 15) is 18.0 Å². The highest BCUT2D eigenvalue weighted by molar-refractivity contribution is 5.85. The average Bonchev–Trinajstić information content (AvgIpc) is 3.08. The zero-order chi connectivity index (χ0) is 15.0. The fraction of sp³-hybridized carbons (Fsp3) is 0.500. The molecule has 0 unspecified atom stereocenters. The summed E-state index contributed by atoms with van der Waals surface area (Å²) in [7, 11) is 3.65. The minimum absolute atomic E-state index is 0.503. The summed E-state index contributed by atoms with van der Waals surface area (Å²) in [5.41, 5.74) is -1.05. The molecule has 0 bridgehead atoms. The van der Waals surface area contributed by atoms with Gasteiger partial charge in [-0.05, 0) is 51.2 Å². The molecule has 0 atom stereocenters. The van der Waals surface area contributed by atoms with Gasteiger partial charge in [-0.25, -0.2) is 4.39 Å². The van der Waals surface area contributed by atoms with Gasteiger partial charge in [0.05, 0.1) is 5.54 Å². The van der Waals surface area contributed by atoms with Gasteiger partial charge in [0.25, 0.3) is 5.91 Å². The molecule has 1 fully saturated rings. The molecule has 0 spiro atoms. The molecule has 1 aromatic rings. The van der Waals surface area contributed by atoms with Crippen molar-refractivity contribution in [2.24, 2.45) is 0 Å². The van der Waals surface area contributed by atoms with Crippen molar-refractivity contribution in [1.29, 1.82) is 0 Å². The summed E-state index contributed by atoms with van der Waals surface area (Å²) in [4.78, 5) is 13.7. The van der Waals surface area contributed by atoms with Crippen LogP contribution in [-0.4, -0.2) is 37.0 Å². The van der Waals surface area contributed by atoms with Crippen LogP contribution in [0.1, 0.15) is 18.4 Å². The normalized spacial score (nSPS) is 17.1. The number of rotatable bonds is 5. The van der Waals surface area contributed by atoms with Crippen LogP contribution in [0.3, 0.4) is 0 Å². The highest BCUT2D eigenvalue weighted by Gasteiger charge is 2.50. The Kier molecular flexibility index (Phi) is 3.77. The second kappa shape index (κ2) is 5.09. The van der Waals surface area contributed by atoms with E-state index in [0.29, 0.717) is 19.4 Å². The van der Waals surface area contributed by atoms with Crippen LogP contribution >= 0.6 is 0 Å². The average molecular weight is 286 g/mol. The van der Waals surface area contributed by atoms with Gasteiger partial charge in [0.2, 0.25) is 0 Å². The number of carbonyl (C=O) groups is 1. The Bertz CT molecular complexity index is 496. The second-order valence-electron chi connectivity index (χ2n) is 5.55. The Labute approximate surface area is 115 Å². The molecule has 0 aromatic heterocycles.